The van der Waals surface area contributed by atoms with Crippen LogP contribution in [0.3, 0.4) is 0 Å². The van der Waals surface area contributed by atoms with Crippen LogP contribution in [-0.2, 0) is 21.3 Å². The van der Waals surface area contributed by atoms with Crippen LogP contribution in [0.4, 0.5) is 4.39 Å². The molecule has 1 fully saturated rings. The molecule has 0 radical (unpaired) electrons. The van der Waals surface area contributed by atoms with E-state index in [1.54, 1.807) is 47.9 Å². The maximum absolute atomic E-state index is 14.3. The molecule has 0 amide bonds. The number of carbonyl (C=O) groups is 1. The quantitative estimate of drug-likeness (QED) is 0.473. The minimum absolute atomic E-state index is 0. The van der Waals surface area contributed by atoms with Crippen LogP contribution in [0, 0.1) is 6.92 Å². The van der Waals surface area contributed by atoms with Crippen LogP contribution in [-0.4, -0.2) is 55.0 Å². The number of carbonyl (C=O) groups excluding carboxylic acids is 1. The average molecular weight is 523 g/mol. The van der Waals surface area contributed by atoms with Crippen molar-refractivity contribution < 1.29 is 22.3 Å². The van der Waals surface area contributed by atoms with E-state index in [0.29, 0.717) is 41.1 Å². The Balaban J connectivity index is 0.00000342. The second kappa shape index (κ2) is 10.9. The van der Waals surface area contributed by atoms with Gasteiger partial charge < -0.3 is 15.0 Å². The molecule has 0 unspecified atom stereocenters. The maximum Gasteiger partial charge on any atom is 0.337 e. The van der Waals surface area contributed by atoms with Crippen molar-refractivity contribution in [1.29, 1.82) is 0 Å². The van der Waals surface area contributed by atoms with Crippen LogP contribution in [0.15, 0.2) is 53.2 Å². The Morgan fingerprint density at radius 1 is 1.23 bits per heavy atom. The fourth-order valence-electron chi connectivity index (χ4n) is 4.24. The zero-order chi connectivity index (χ0) is 24.5. The summed E-state index contributed by atoms with van der Waals surface area (Å²) in [6, 6.07) is 9.82. The fraction of sp³-hybridized carbons (Fsp3) is 0.333. The van der Waals surface area contributed by atoms with E-state index in [2.05, 4.69) is 4.98 Å². The maximum atomic E-state index is 14.3. The molecule has 3 aromatic rings. The van der Waals surface area contributed by atoms with Crippen molar-refractivity contribution in [3.63, 3.8) is 0 Å². The van der Waals surface area contributed by atoms with Crippen LogP contribution < -0.4 is 5.73 Å². The Morgan fingerprint density at radius 3 is 2.60 bits per heavy atom. The van der Waals surface area contributed by atoms with Gasteiger partial charge in [-0.1, -0.05) is 12.1 Å². The highest BCUT2D eigenvalue weighted by atomic mass is 35.5. The lowest BCUT2D eigenvalue weighted by molar-refractivity contribution is 0.0601. The summed E-state index contributed by atoms with van der Waals surface area (Å²) in [5, 5.41) is 0. The number of fused-ring (bicyclic) bond motifs is 1. The lowest BCUT2D eigenvalue weighted by Gasteiger charge is -2.16. The predicted octanol–water partition coefficient (Wildman–Crippen LogP) is 3.82. The van der Waals surface area contributed by atoms with Gasteiger partial charge in [-0.3, -0.25) is 0 Å². The number of ether oxygens (including phenoxy) is 1. The zero-order valence-corrected chi connectivity index (χ0v) is 21.2. The molecule has 35 heavy (non-hydrogen) atoms. The number of halogens is 2. The molecule has 2 heterocycles. The van der Waals surface area contributed by atoms with E-state index in [1.807, 2.05) is 0 Å². The Labute approximate surface area is 210 Å². The van der Waals surface area contributed by atoms with Gasteiger partial charge in [0.25, 0.3) is 0 Å². The predicted molar refractivity (Wildman–Crippen MR) is 135 cm³/mol. The molecular formula is C24H28ClFN4O4S. The molecule has 11 heteroatoms. The summed E-state index contributed by atoms with van der Waals surface area (Å²) in [6.45, 7) is 2.72. The molecule has 8 nitrogen and oxygen atoms in total. The highest BCUT2D eigenvalue weighted by molar-refractivity contribution is 7.89. The smallest absolute Gasteiger partial charge is 0.337 e. The summed E-state index contributed by atoms with van der Waals surface area (Å²) >= 11 is 0. The van der Waals surface area contributed by atoms with Crippen LogP contribution in [0.25, 0.3) is 22.2 Å². The number of hydrogen-bond donors (Lipinski definition) is 1. The topological polar surface area (TPSA) is 108 Å². The second-order valence-electron chi connectivity index (χ2n) is 8.15. The number of esters is 1. The third-order valence-corrected chi connectivity index (χ3v) is 7.86. The van der Waals surface area contributed by atoms with Gasteiger partial charge in [-0.15, -0.1) is 12.4 Å². The van der Waals surface area contributed by atoms with Gasteiger partial charge in [0.2, 0.25) is 10.0 Å². The van der Waals surface area contributed by atoms with Gasteiger partial charge >= 0.3 is 5.97 Å². The molecule has 0 aliphatic carbocycles. The first-order valence-corrected chi connectivity index (χ1v) is 12.4. The lowest BCUT2D eigenvalue weighted by Crippen LogP contribution is -2.27. The van der Waals surface area contributed by atoms with Crippen molar-refractivity contribution in [3.05, 3.63) is 59.7 Å². The first kappa shape index (κ1) is 26.8. The van der Waals surface area contributed by atoms with Gasteiger partial charge in [-0.05, 0) is 55.7 Å². The number of methoxy groups -OCH3 is 1. The van der Waals surface area contributed by atoms with Crippen molar-refractivity contribution in [2.24, 2.45) is 5.73 Å². The van der Waals surface area contributed by atoms with Crippen LogP contribution in [0.1, 0.15) is 29.0 Å². The Bertz CT molecular complexity index is 1380. The molecule has 1 aromatic heterocycles. The number of hydrogen-bond acceptors (Lipinski definition) is 6. The van der Waals surface area contributed by atoms with Crippen molar-refractivity contribution in [2.45, 2.75) is 31.2 Å². The molecule has 0 saturated carbocycles. The van der Waals surface area contributed by atoms with Crippen LogP contribution in [0.5, 0.6) is 0 Å². The van der Waals surface area contributed by atoms with Crippen LogP contribution in [0.2, 0.25) is 0 Å². The number of imidazole rings is 1. The number of sulfonamides is 1. The molecule has 2 N–H and O–H groups in total. The summed E-state index contributed by atoms with van der Waals surface area (Å²) in [4.78, 5) is 17.2. The monoisotopic (exact) mass is 522 g/mol. The number of benzene rings is 2. The summed E-state index contributed by atoms with van der Waals surface area (Å²) < 4.78 is 48.6. The molecule has 1 aliphatic rings. The highest BCUT2D eigenvalue weighted by Crippen LogP contribution is 2.33. The van der Waals surface area contributed by atoms with Crippen molar-refractivity contribution in [3.8, 4) is 11.1 Å². The Kier molecular flexibility index (Phi) is 8.32. The third kappa shape index (κ3) is 5.25. The van der Waals surface area contributed by atoms with E-state index in [4.69, 9.17) is 10.5 Å². The first-order valence-electron chi connectivity index (χ1n) is 11.0. The highest BCUT2D eigenvalue weighted by Gasteiger charge is 2.28. The lowest BCUT2D eigenvalue weighted by atomic mass is 10.0. The first-order chi connectivity index (χ1) is 16.3. The van der Waals surface area contributed by atoms with E-state index in [-0.39, 0.29) is 36.0 Å². The van der Waals surface area contributed by atoms with Crippen molar-refractivity contribution in [2.75, 3.05) is 26.7 Å². The Hall–Kier alpha value is -2.79. The summed E-state index contributed by atoms with van der Waals surface area (Å²) in [5.74, 6) is -0.444. The summed E-state index contributed by atoms with van der Waals surface area (Å²) in [7, 11) is -2.35. The molecule has 2 aromatic carbocycles. The van der Waals surface area contributed by atoms with Gasteiger partial charge in [0.1, 0.15) is 11.7 Å². The average Bonchev–Trinajstić information content (AvgIpc) is 3.47. The standard InChI is InChI=1S/C24H27FN4O4S.ClH/c1-16-27-23-21(17-6-5-7-20(12-17)34(31,32)28-10-3-4-11-28)13-18(24(30)33-2)14-22(23)29(16)15-19(25)8-9-26;/h5-8,12-14H,3-4,9-11,15,26H2,1-2H3;1H/b19-8-;. The number of aryl methyl sites for hydroxylation is 1. The van der Waals surface area contributed by atoms with Gasteiger partial charge in [-0.25, -0.2) is 22.6 Å². The van der Waals surface area contributed by atoms with E-state index in [1.165, 1.54) is 17.5 Å². The van der Waals surface area contributed by atoms with E-state index >= 15 is 0 Å². The summed E-state index contributed by atoms with van der Waals surface area (Å²) in [6.07, 6.45) is 2.96. The molecule has 0 bridgehead atoms. The molecule has 0 spiro atoms. The zero-order valence-electron chi connectivity index (χ0n) is 19.5. The number of nitrogens with zero attached hydrogens (tertiary/aromatic N) is 3. The number of rotatable bonds is 7. The third-order valence-electron chi connectivity index (χ3n) is 5.96. The minimum Gasteiger partial charge on any atom is -0.465 e. The van der Waals surface area contributed by atoms with Gasteiger partial charge in [0, 0.05) is 25.2 Å². The van der Waals surface area contributed by atoms with Crippen molar-refractivity contribution >= 4 is 39.4 Å². The van der Waals surface area contributed by atoms with Crippen LogP contribution >= 0.6 is 12.4 Å². The number of allylic oxidation sites excluding steroid dienone is 1. The molecule has 4 rings (SSSR count). The fourth-order valence-corrected chi connectivity index (χ4v) is 5.80. The van der Waals surface area contributed by atoms with E-state index in [0.717, 1.165) is 12.8 Å². The molecule has 1 saturated heterocycles. The molecule has 1 aliphatic heterocycles. The second-order valence-corrected chi connectivity index (χ2v) is 10.1. The molecular weight excluding hydrogens is 495 g/mol. The molecule has 188 valence electrons. The van der Waals surface area contributed by atoms with Crippen molar-refractivity contribution in [1.82, 2.24) is 13.9 Å². The van der Waals surface area contributed by atoms with E-state index < -0.39 is 21.8 Å². The number of aromatic nitrogens is 2. The van der Waals surface area contributed by atoms with Gasteiger partial charge in [0.15, 0.2) is 0 Å². The van der Waals surface area contributed by atoms with E-state index in [9.17, 15) is 17.6 Å². The van der Waals surface area contributed by atoms with Gasteiger partial charge in [-0.2, -0.15) is 4.31 Å². The number of nitrogens with two attached hydrogens (primary N) is 1. The van der Waals surface area contributed by atoms with Gasteiger partial charge in [0.05, 0.1) is 35.1 Å². The largest absolute Gasteiger partial charge is 0.465 e. The normalized spacial score (nSPS) is 14.8. The SMILES string of the molecule is COC(=O)c1cc(-c2cccc(S(=O)(=O)N3CCCC3)c2)c2nc(C)n(C/C(F)=C/CN)c2c1.Cl. The minimum atomic E-state index is -3.63. The molecule has 0 atom stereocenters. The summed E-state index contributed by atoms with van der Waals surface area (Å²) in [5.41, 5.74) is 7.88. The Morgan fingerprint density at radius 2 is 1.94 bits per heavy atom.